The number of hydrogen-bond donors (Lipinski definition) is 2. The van der Waals surface area contributed by atoms with Gasteiger partial charge in [-0.2, -0.15) is 0 Å². The Kier molecular flexibility index (Phi) is 4.52. The minimum absolute atomic E-state index is 0.219. The predicted molar refractivity (Wildman–Crippen MR) is 92.8 cm³/mol. The van der Waals surface area contributed by atoms with Crippen molar-refractivity contribution < 1.29 is 19.5 Å². The third-order valence-corrected chi connectivity index (χ3v) is 6.69. The predicted octanol–water partition coefficient (Wildman–Crippen LogP) is 1.41. The van der Waals surface area contributed by atoms with E-state index in [-0.39, 0.29) is 22.9 Å². The van der Waals surface area contributed by atoms with E-state index in [1.807, 2.05) is 44.2 Å². The van der Waals surface area contributed by atoms with Crippen molar-refractivity contribution in [3.8, 4) is 0 Å². The average molecular weight is 366 g/mol. The first kappa shape index (κ1) is 17.2. The van der Waals surface area contributed by atoms with Crippen molar-refractivity contribution >= 4 is 41.3 Å². The van der Waals surface area contributed by atoms with Crippen molar-refractivity contribution in [2.75, 3.05) is 5.75 Å². The molecular formula is C16H18N2O4S2. The van der Waals surface area contributed by atoms with Crippen molar-refractivity contribution in [3.05, 3.63) is 30.3 Å². The van der Waals surface area contributed by atoms with Crippen LogP contribution in [0.15, 0.2) is 35.2 Å². The number of carboxylic acid groups (broad SMARTS) is 1. The molecule has 2 aliphatic heterocycles. The largest absolute Gasteiger partial charge is 0.480 e. The maximum Gasteiger partial charge on any atom is 0.327 e. The lowest BCUT2D eigenvalue weighted by Gasteiger charge is -2.43. The number of hydrogen-bond acceptors (Lipinski definition) is 5. The maximum absolute atomic E-state index is 12.3. The van der Waals surface area contributed by atoms with Crippen molar-refractivity contribution in [2.45, 2.75) is 40.9 Å². The molecule has 2 saturated heterocycles. The van der Waals surface area contributed by atoms with Gasteiger partial charge in [-0.3, -0.25) is 9.59 Å². The summed E-state index contributed by atoms with van der Waals surface area (Å²) < 4.78 is -0.579. The average Bonchev–Trinajstić information content (AvgIpc) is 2.80. The number of amides is 2. The first-order chi connectivity index (χ1) is 11.3. The van der Waals surface area contributed by atoms with Crippen LogP contribution in [0, 0.1) is 0 Å². The van der Waals surface area contributed by atoms with Crippen molar-refractivity contribution in [1.82, 2.24) is 10.2 Å². The van der Waals surface area contributed by atoms with Gasteiger partial charge in [-0.15, -0.1) is 23.5 Å². The number of rotatable bonds is 5. The maximum atomic E-state index is 12.3. The quantitative estimate of drug-likeness (QED) is 0.605. The highest BCUT2D eigenvalue weighted by atomic mass is 32.2. The summed E-state index contributed by atoms with van der Waals surface area (Å²) in [6.45, 7) is 3.62. The zero-order valence-corrected chi connectivity index (χ0v) is 14.9. The van der Waals surface area contributed by atoms with E-state index < -0.39 is 22.8 Å². The van der Waals surface area contributed by atoms with Crippen LogP contribution in [-0.4, -0.2) is 55.7 Å². The number of carboxylic acids is 1. The van der Waals surface area contributed by atoms with Crippen molar-refractivity contribution in [2.24, 2.45) is 0 Å². The summed E-state index contributed by atoms with van der Waals surface area (Å²) in [4.78, 5) is 38.2. The van der Waals surface area contributed by atoms with Gasteiger partial charge in [-0.05, 0) is 26.0 Å². The van der Waals surface area contributed by atoms with Gasteiger partial charge < -0.3 is 15.3 Å². The van der Waals surface area contributed by atoms with E-state index in [0.29, 0.717) is 0 Å². The van der Waals surface area contributed by atoms with Gasteiger partial charge >= 0.3 is 5.97 Å². The van der Waals surface area contributed by atoms with E-state index >= 15 is 0 Å². The van der Waals surface area contributed by atoms with Gasteiger partial charge in [-0.1, -0.05) is 18.2 Å². The lowest BCUT2D eigenvalue weighted by atomic mass is 9.96. The van der Waals surface area contributed by atoms with Crippen LogP contribution >= 0.6 is 23.5 Å². The van der Waals surface area contributed by atoms with E-state index in [4.69, 9.17) is 0 Å². The second-order valence-electron chi connectivity index (χ2n) is 6.25. The lowest BCUT2D eigenvalue weighted by Crippen LogP contribution is -2.70. The molecule has 1 aromatic carbocycles. The number of thioether (sulfide) groups is 2. The second-order valence-corrected chi connectivity index (χ2v) is 9.06. The number of fused-ring (bicyclic) bond motifs is 1. The van der Waals surface area contributed by atoms with E-state index in [1.54, 1.807) is 0 Å². The molecule has 1 aromatic rings. The Morgan fingerprint density at radius 2 is 2.00 bits per heavy atom. The van der Waals surface area contributed by atoms with Crippen LogP contribution in [0.2, 0.25) is 0 Å². The fourth-order valence-electron chi connectivity index (χ4n) is 3.03. The molecule has 0 spiro atoms. The smallest absolute Gasteiger partial charge is 0.327 e. The number of nitrogens with one attached hydrogen (secondary N) is 1. The number of β-lactam (4-membered cyclic amide) rings is 1. The molecule has 128 valence electrons. The summed E-state index contributed by atoms with van der Waals surface area (Å²) in [5.41, 5.74) is 0. The van der Waals surface area contributed by atoms with E-state index in [1.165, 1.54) is 28.4 Å². The zero-order valence-electron chi connectivity index (χ0n) is 13.3. The third kappa shape index (κ3) is 3.00. The number of nitrogens with zero attached hydrogens (tertiary/aromatic N) is 1. The molecule has 2 N–H and O–H groups in total. The monoisotopic (exact) mass is 366 g/mol. The molecule has 0 aliphatic carbocycles. The van der Waals surface area contributed by atoms with E-state index in [9.17, 15) is 19.5 Å². The lowest BCUT2D eigenvalue weighted by molar-refractivity contribution is -0.160. The summed E-state index contributed by atoms with van der Waals surface area (Å²) in [7, 11) is 0. The van der Waals surface area contributed by atoms with Gasteiger partial charge in [0.2, 0.25) is 11.8 Å². The molecule has 8 heteroatoms. The molecule has 24 heavy (non-hydrogen) atoms. The van der Waals surface area contributed by atoms with Gasteiger partial charge in [0.25, 0.3) is 0 Å². The molecule has 6 nitrogen and oxygen atoms in total. The van der Waals surface area contributed by atoms with Gasteiger partial charge in [0.15, 0.2) is 0 Å². The molecule has 3 atom stereocenters. The van der Waals surface area contributed by atoms with Gasteiger partial charge in [0.05, 0.1) is 5.75 Å². The second kappa shape index (κ2) is 6.33. The van der Waals surface area contributed by atoms with Gasteiger partial charge in [-0.25, -0.2) is 4.79 Å². The highest BCUT2D eigenvalue weighted by molar-refractivity contribution is 8.01. The minimum Gasteiger partial charge on any atom is -0.480 e. The Labute approximate surface area is 148 Å². The normalized spacial score (nSPS) is 27.3. The topological polar surface area (TPSA) is 86.7 Å². The Hall–Kier alpha value is -1.67. The van der Waals surface area contributed by atoms with Crippen molar-refractivity contribution in [3.63, 3.8) is 0 Å². The molecule has 2 fully saturated rings. The molecule has 0 bridgehead atoms. The van der Waals surface area contributed by atoms with Crippen LogP contribution < -0.4 is 5.32 Å². The number of carbonyl (C=O) groups excluding carboxylic acids is 2. The molecule has 3 unspecified atom stereocenters. The van der Waals surface area contributed by atoms with Crippen LogP contribution in [0.25, 0.3) is 0 Å². The molecule has 0 aromatic heterocycles. The highest BCUT2D eigenvalue weighted by Crippen LogP contribution is 2.50. The number of carbonyl (C=O) groups is 3. The first-order valence-corrected chi connectivity index (χ1v) is 9.38. The molecular weight excluding hydrogens is 348 g/mol. The van der Waals surface area contributed by atoms with E-state index in [0.717, 1.165) is 4.90 Å². The van der Waals surface area contributed by atoms with Crippen LogP contribution in [0.4, 0.5) is 0 Å². The Morgan fingerprint density at radius 3 is 2.62 bits per heavy atom. The van der Waals surface area contributed by atoms with Gasteiger partial charge in [0.1, 0.15) is 17.5 Å². The minimum atomic E-state index is -1.01. The standard InChI is InChI=1S/C16H18N2O4S2/c1-16(2)12(15(21)22)18-13(20)11(14(18)24-16)17-10(19)8-23-9-6-4-3-5-7-9/h3-7,11-12,14H,8H2,1-2H3,(H,17,19)(H,21,22). The Bertz CT molecular complexity index is 680. The molecule has 0 saturated carbocycles. The van der Waals surface area contributed by atoms with Crippen LogP contribution in [0.5, 0.6) is 0 Å². The van der Waals surface area contributed by atoms with E-state index in [2.05, 4.69) is 5.32 Å². The fraction of sp³-hybridized carbons (Fsp3) is 0.438. The summed E-state index contributed by atoms with van der Waals surface area (Å²) in [6.07, 6.45) is 0. The summed E-state index contributed by atoms with van der Waals surface area (Å²) in [5.74, 6) is -1.33. The van der Waals surface area contributed by atoms with Crippen LogP contribution in [-0.2, 0) is 14.4 Å². The van der Waals surface area contributed by atoms with Crippen LogP contribution in [0.1, 0.15) is 13.8 Å². The first-order valence-electron chi connectivity index (χ1n) is 7.51. The number of benzene rings is 1. The molecule has 3 rings (SSSR count). The Balaban J connectivity index is 1.59. The highest BCUT2D eigenvalue weighted by Gasteiger charge is 2.64. The SMILES string of the molecule is CC1(C)SC2C(NC(=O)CSc3ccccc3)C(=O)N2C1C(=O)O. The fourth-order valence-corrected chi connectivity index (χ4v) is 5.38. The third-order valence-electron chi connectivity index (χ3n) is 4.10. The molecule has 2 amide bonds. The summed E-state index contributed by atoms with van der Waals surface area (Å²) in [6, 6.07) is 8.05. The zero-order chi connectivity index (χ0) is 17.5. The number of aliphatic carboxylic acids is 1. The molecule has 2 heterocycles. The van der Waals surface area contributed by atoms with Gasteiger partial charge in [0, 0.05) is 9.64 Å². The van der Waals surface area contributed by atoms with Crippen molar-refractivity contribution in [1.29, 1.82) is 0 Å². The molecule has 2 aliphatic rings. The van der Waals surface area contributed by atoms with Crippen LogP contribution in [0.3, 0.4) is 0 Å². The summed E-state index contributed by atoms with van der Waals surface area (Å²) in [5, 5.41) is 11.8. The Morgan fingerprint density at radius 1 is 1.33 bits per heavy atom. The molecule has 0 radical (unpaired) electrons. The summed E-state index contributed by atoms with van der Waals surface area (Å²) >= 11 is 2.82.